The molecule has 0 spiro atoms. The summed E-state index contributed by atoms with van der Waals surface area (Å²) in [5.74, 6) is 0. The van der Waals surface area contributed by atoms with Gasteiger partial charge >= 0.3 is 0 Å². The number of aromatic amines is 1. The Balaban J connectivity index is 1.40. The molecule has 0 bridgehead atoms. The van der Waals surface area contributed by atoms with E-state index in [0.29, 0.717) is 0 Å². The summed E-state index contributed by atoms with van der Waals surface area (Å²) < 4.78 is 0. The number of nitrogens with zero attached hydrogens (tertiary/aromatic N) is 3. The summed E-state index contributed by atoms with van der Waals surface area (Å²) in [5, 5.41) is 11.2. The minimum Gasteiger partial charge on any atom is -0.394 e. The number of nitrogens with one attached hydrogen (secondary N) is 1. The smallest absolute Gasteiger partial charge is 0.0643 e. The monoisotopic (exact) mass is 350 g/mol. The second-order valence-corrected chi connectivity index (χ2v) is 7.16. The Morgan fingerprint density at radius 1 is 1.19 bits per heavy atom. The van der Waals surface area contributed by atoms with Crippen LogP contribution in [0.2, 0.25) is 0 Å². The average molecular weight is 350 g/mol. The normalized spacial score (nSPS) is 17.6. The zero-order valence-electron chi connectivity index (χ0n) is 15.2. The van der Waals surface area contributed by atoms with Crippen LogP contribution in [0.5, 0.6) is 0 Å². The first-order valence-electron chi connectivity index (χ1n) is 9.28. The van der Waals surface area contributed by atoms with Gasteiger partial charge in [-0.25, -0.2) is 0 Å². The molecule has 3 aromatic rings. The molecule has 1 unspecified atom stereocenters. The fourth-order valence-corrected chi connectivity index (χ4v) is 3.95. The molecule has 0 radical (unpaired) electrons. The fraction of sp³-hybridized carbons (Fsp3) is 0.381. The summed E-state index contributed by atoms with van der Waals surface area (Å²) in [5.41, 5.74) is 4.88. The van der Waals surface area contributed by atoms with E-state index in [0.717, 1.165) is 38.2 Å². The van der Waals surface area contributed by atoms with E-state index in [9.17, 15) is 5.11 Å². The number of fused-ring (bicyclic) bond motifs is 1. The van der Waals surface area contributed by atoms with Crippen molar-refractivity contribution in [2.45, 2.75) is 19.5 Å². The third-order valence-corrected chi connectivity index (χ3v) is 5.41. The first-order valence-corrected chi connectivity index (χ1v) is 9.28. The summed E-state index contributed by atoms with van der Waals surface area (Å²) in [6, 6.07) is 10.7. The molecule has 2 aromatic heterocycles. The number of benzene rings is 1. The number of rotatable bonds is 5. The Kier molecular flexibility index (Phi) is 5.02. The summed E-state index contributed by atoms with van der Waals surface area (Å²) in [6.07, 6.45) is 5.83. The quantitative estimate of drug-likeness (QED) is 0.743. The van der Waals surface area contributed by atoms with Crippen molar-refractivity contribution in [3.63, 3.8) is 0 Å². The molecule has 5 heteroatoms. The highest BCUT2D eigenvalue weighted by molar-refractivity contribution is 5.82. The molecule has 26 heavy (non-hydrogen) atoms. The first-order chi connectivity index (χ1) is 12.7. The lowest BCUT2D eigenvalue weighted by Gasteiger charge is -2.39. The largest absolute Gasteiger partial charge is 0.394 e. The summed E-state index contributed by atoms with van der Waals surface area (Å²) in [7, 11) is 0. The Bertz CT molecular complexity index is 867. The Labute approximate surface area is 154 Å². The second-order valence-electron chi connectivity index (χ2n) is 7.16. The highest BCUT2D eigenvalue weighted by atomic mass is 16.3. The Morgan fingerprint density at radius 3 is 2.81 bits per heavy atom. The molecular weight excluding hydrogens is 324 g/mol. The van der Waals surface area contributed by atoms with Gasteiger partial charge in [-0.05, 0) is 24.1 Å². The maximum Gasteiger partial charge on any atom is 0.0643 e. The van der Waals surface area contributed by atoms with E-state index in [4.69, 9.17) is 0 Å². The maximum atomic E-state index is 9.95. The van der Waals surface area contributed by atoms with Crippen molar-refractivity contribution in [3.05, 3.63) is 65.6 Å². The van der Waals surface area contributed by atoms with Crippen LogP contribution in [0.4, 0.5) is 0 Å². The van der Waals surface area contributed by atoms with Gasteiger partial charge in [-0.2, -0.15) is 0 Å². The van der Waals surface area contributed by atoms with Crippen LogP contribution in [-0.4, -0.2) is 57.7 Å². The van der Waals surface area contributed by atoms with Gasteiger partial charge in [-0.1, -0.05) is 29.8 Å². The van der Waals surface area contributed by atoms with Crippen molar-refractivity contribution in [1.82, 2.24) is 19.8 Å². The van der Waals surface area contributed by atoms with E-state index in [2.05, 4.69) is 63.2 Å². The van der Waals surface area contributed by atoms with Gasteiger partial charge in [-0.15, -0.1) is 0 Å². The number of H-pyrrole nitrogens is 1. The molecule has 0 amide bonds. The zero-order valence-corrected chi connectivity index (χ0v) is 15.2. The van der Waals surface area contributed by atoms with Crippen LogP contribution in [0, 0.1) is 6.92 Å². The van der Waals surface area contributed by atoms with Gasteiger partial charge in [0.05, 0.1) is 24.4 Å². The molecule has 1 aromatic carbocycles. The maximum absolute atomic E-state index is 9.95. The molecule has 136 valence electrons. The first kappa shape index (κ1) is 17.2. The standard InChI is InChI=1S/C21H26N4O/c1-16-3-2-4-17(11-16)21(15-26)25-9-7-24(8-10-25)14-18-12-23-20-13-22-6-5-19(18)20/h2-6,11-13,21,23,26H,7-10,14-15H2,1H3. The number of hydrogen-bond donors (Lipinski definition) is 2. The van der Waals surface area contributed by atoms with E-state index < -0.39 is 0 Å². The fourth-order valence-electron chi connectivity index (χ4n) is 3.95. The minimum absolute atomic E-state index is 0.0937. The summed E-state index contributed by atoms with van der Waals surface area (Å²) >= 11 is 0. The van der Waals surface area contributed by atoms with Crippen LogP contribution in [0.25, 0.3) is 10.9 Å². The van der Waals surface area contributed by atoms with Gasteiger partial charge in [0.1, 0.15) is 0 Å². The number of piperazine rings is 1. The lowest BCUT2D eigenvalue weighted by atomic mass is 10.0. The molecule has 1 saturated heterocycles. The van der Waals surface area contributed by atoms with E-state index in [1.807, 2.05) is 12.4 Å². The van der Waals surface area contributed by atoms with Crippen molar-refractivity contribution >= 4 is 10.9 Å². The van der Waals surface area contributed by atoms with Gasteiger partial charge in [0.25, 0.3) is 0 Å². The molecule has 1 atom stereocenters. The number of pyridine rings is 1. The molecule has 0 aliphatic carbocycles. The summed E-state index contributed by atoms with van der Waals surface area (Å²) in [4.78, 5) is 12.4. The van der Waals surface area contributed by atoms with Crippen LogP contribution >= 0.6 is 0 Å². The van der Waals surface area contributed by atoms with Gasteiger partial charge in [-0.3, -0.25) is 14.8 Å². The van der Waals surface area contributed by atoms with E-state index in [-0.39, 0.29) is 12.6 Å². The molecule has 1 aliphatic rings. The van der Waals surface area contributed by atoms with Gasteiger partial charge in [0, 0.05) is 50.5 Å². The molecular formula is C21H26N4O. The lowest BCUT2D eigenvalue weighted by Crippen LogP contribution is -2.47. The van der Waals surface area contributed by atoms with Crippen LogP contribution < -0.4 is 0 Å². The van der Waals surface area contributed by atoms with Crippen molar-refractivity contribution in [1.29, 1.82) is 0 Å². The number of aliphatic hydroxyl groups excluding tert-OH is 1. The third kappa shape index (κ3) is 3.51. The highest BCUT2D eigenvalue weighted by Crippen LogP contribution is 2.24. The van der Waals surface area contributed by atoms with Crippen molar-refractivity contribution in [2.75, 3.05) is 32.8 Å². The highest BCUT2D eigenvalue weighted by Gasteiger charge is 2.25. The number of hydrogen-bond acceptors (Lipinski definition) is 4. The summed E-state index contributed by atoms with van der Waals surface area (Å²) in [6.45, 7) is 7.20. The Hall–Kier alpha value is -2.21. The van der Waals surface area contributed by atoms with Crippen LogP contribution in [0.15, 0.2) is 48.9 Å². The second kappa shape index (κ2) is 7.58. The van der Waals surface area contributed by atoms with E-state index in [1.54, 1.807) is 0 Å². The van der Waals surface area contributed by atoms with Crippen molar-refractivity contribution < 1.29 is 5.11 Å². The van der Waals surface area contributed by atoms with Gasteiger partial charge in [0.2, 0.25) is 0 Å². The molecule has 4 rings (SSSR count). The van der Waals surface area contributed by atoms with Crippen molar-refractivity contribution in [2.24, 2.45) is 0 Å². The molecule has 0 saturated carbocycles. The molecule has 5 nitrogen and oxygen atoms in total. The molecule has 3 heterocycles. The number of aromatic nitrogens is 2. The molecule has 1 aliphatic heterocycles. The van der Waals surface area contributed by atoms with Crippen LogP contribution in [0.1, 0.15) is 22.7 Å². The van der Waals surface area contributed by atoms with Crippen LogP contribution in [0.3, 0.4) is 0 Å². The van der Waals surface area contributed by atoms with E-state index >= 15 is 0 Å². The van der Waals surface area contributed by atoms with Crippen molar-refractivity contribution in [3.8, 4) is 0 Å². The lowest BCUT2D eigenvalue weighted by molar-refractivity contribution is 0.0622. The predicted molar refractivity (Wildman–Crippen MR) is 104 cm³/mol. The zero-order chi connectivity index (χ0) is 17.9. The molecule has 2 N–H and O–H groups in total. The topological polar surface area (TPSA) is 55.4 Å². The number of aryl methyl sites for hydroxylation is 1. The van der Waals surface area contributed by atoms with Gasteiger partial charge < -0.3 is 10.1 Å². The SMILES string of the molecule is Cc1cccc(C(CO)N2CCN(Cc3c[nH]c4cnccc34)CC2)c1. The Morgan fingerprint density at radius 2 is 2.04 bits per heavy atom. The number of aliphatic hydroxyl groups is 1. The average Bonchev–Trinajstić information content (AvgIpc) is 3.07. The molecule has 1 fully saturated rings. The minimum atomic E-state index is 0.0937. The third-order valence-electron chi connectivity index (χ3n) is 5.41. The predicted octanol–water partition coefficient (Wildman–Crippen LogP) is 2.72. The van der Waals surface area contributed by atoms with Gasteiger partial charge in [0.15, 0.2) is 0 Å². The van der Waals surface area contributed by atoms with E-state index in [1.165, 1.54) is 22.1 Å². The van der Waals surface area contributed by atoms with Crippen LogP contribution in [-0.2, 0) is 6.54 Å².